The van der Waals surface area contributed by atoms with Crippen molar-refractivity contribution in [3.05, 3.63) is 0 Å². The summed E-state index contributed by atoms with van der Waals surface area (Å²) in [6.07, 6.45) is -12.4. The van der Waals surface area contributed by atoms with Crippen LogP contribution in [-0.4, -0.2) is 198 Å². The van der Waals surface area contributed by atoms with E-state index >= 15 is 0 Å². The van der Waals surface area contributed by atoms with Crippen molar-refractivity contribution in [1.82, 2.24) is 0 Å². The van der Waals surface area contributed by atoms with E-state index in [1.807, 2.05) is 0 Å². The Balaban J connectivity index is 5.46. The maximum Gasteiger partial charge on any atom is 0.338 e. The molecule has 0 aromatic heterocycles. The van der Waals surface area contributed by atoms with Crippen molar-refractivity contribution < 1.29 is 114 Å². The Morgan fingerprint density at radius 1 is 0.344 bits per heavy atom. The van der Waals surface area contributed by atoms with Gasteiger partial charge in [-0.2, -0.15) is 0 Å². The number of Topliss-reactive ketones (excluding diaryl/α,β-unsaturated/α-hetero) is 4. The lowest BCUT2D eigenvalue weighted by molar-refractivity contribution is -0.144. The third-order valence-electron chi connectivity index (χ3n) is 7.95. The van der Waals surface area contributed by atoms with Crippen molar-refractivity contribution in [2.45, 2.75) is 76.1 Å². The molecule has 24 heteroatoms. The van der Waals surface area contributed by atoms with Crippen LogP contribution >= 0.6 is 0 Å². The summed E-state index contributed by atoms with van der Waals surface area (Å²) >= 11 is 0. The predicted molar refractivity (Wildman–Crippen MR) is 196 cm³/mol. The second-order valence-corrected chi connectivity index (χ2v) is 13.5. The Morgan fingerprint density at radius 3 is 0.705 bits per heavy atom. The summed E-state index contributed by atoms with van der Waals surface area (Å²) in [7, 11) is 0. The molecule has 352 valence electrons. The highest BCUT2D eigenvalue weighted by molar-refractivity contribution is 5.82. The maximum atomic E-state index is 13.3. The zero-order valence-corrected chi connectivity index (χ0v) is 33.6. The van der Waals surface area contributed by atoms with E-state index in [-0.39, 0.29) is 105 Å². The van der Waals surface area contributed by atoms with Crippen molar-refractivity contribution in [3.63, 3.8) is 0 Å². The summed E-state index contributed by atoms with van der Waals surface area (Å²) in [6, 6.07) is 0. The van der Waals surface area contributed by atoms with Gasteiger partial charge in [0.15, 0.2) is 47.8 Å². The Bertz CT molecular complexity index is 1140. The molecule has 4 atom stereocenters. The van der Waals surface area contributed by atoms with Gasteiger partial charge in [-0.15, -0.1) is 0 Å². The van der Waals surface area contributed by atoms with Crippen LogP contribution in [-0.2, 0) is 76.3 Å². The standard InChI is InChI=1S/C37H56F4O20/c38-29(33(46)47)5-1-25(42)17-54-9-13-58-21-37(22-59-14-10-55-18-26(43)2-6-30(39)34(48)49,23-60-15-11-56-19-27(44)3-7-31(40)35(50)51)24-61-16-12-57-20-28(45)4-8-32(41)36(52)53/h29-32H,1-24H2,(H,46,47)(H,48,49)(H,50,51)(H,52,53)/t29-,30-,31-,32-/m1/s1. The summed E-state index contributed by atoms with van der Waals surface area (Å²) in [6.45, 7) is -3.40. The number of alkyl halides is 4. The molecule has 0 aliphatic carbocycles. The fourth-order valence-electron chi connectivity index (χ4n) is 4.55. The van der Waals surface area contributed by atoms with Crippen LogP contribution < -0.4 is 0 Å². The molecule has 61 heavy (non-hydrogen) atoms. The number of carboxylic acids is 4. The van der Waals surface area contributed by atoms with Gasteiger partial charge in [0.2, 0.25) is 0 Å². The summed E-state index contributed by atoms with van der Waals surface area (Å²) in [4.78, 5) is 90.2. The average molecular weight is 897 g/mol. The molecule has 0 unspecified atom stereocenters. The first-order valence-electron chi connectivity index (χ1n) is 19.0. The fourth-order valence-corrected chi connectivity index (χ4v) is 4.55. The molecule has 0 saturated heterocycles. The van der Waals surface area contributed by atoms with Crippen LogP contribution in [0, 0.1) is 5.41 Å². The van der Waals surface area contributed by atoms with Crippen molar-refractivity contribution in [3.8, 4) is 0 Å². The second kappa shape index (κ2) is 34.5. The highest BCUT2D eigenvalue weighted by Gasteiger charge is 2.33. The zero-order valence-electron chi connectivity index (χ0n) is 33.6. The first kappa shape index (κ1) is 57.0. The van der Waals surface area contributed by atoms with Crippen LogP contribution in [0.4, 0.5) is 17.6 Å². The number of carboxylic acid groups (broad SMARTS) is 4. The Hall–Kier alpha value is -4.04. The van der Waals surface area contributed by atoms with E-state index in [0.717, 1.165) is 0 Å². The number of aliphatic carboxylic acids is 4. The van der Waals surface area contributed by atoms with Crippen molar-refractivity contribution in [2.75, 3.05) is 106 Å². The van der Waals surface area contributed by atoms with E-state index in [9.17, 15) is 55.9 Å². The lowest BCUT2D eigenvalue weighted by atomic mass is 9.92. The highest BCUT2D eigenvalue weighted by Crippen LogP contribution is 2.21. The molecule has 0 bridgehead atoms. The molecule has 0 aliphatic rings. The zero-order chi connectivity index (χ0) is 46.1. The first-order valence-corrected chi connectivity index (χ1v) is 19.0. The van der Waals surface area contributed by atoms with Gasteiger partial charge in [0, 0.05) is 25.7 Å². The van der Waals surface area contributed by atoms with Crippen LogP contribution in [0.2, 0.25) is 0 Å². The number of ether oxygens (including phenoxy) is 8. The van der Waals surface area contributed by atoms with Gasteiger partial charge in [-0.25, -0.2) is 36.7 Å². The van der Waals surface area contributed by atoms with Crippen molar-refractivity contribution in [2.24, 2.45) is 5.41 Å². The topological polar surface area (TPSA) is 291 Å². The Kier molecular flexibility index (Phi) is 32.2. The fraction of sp³-hybridized carbons (Fsp3) is 0.784. The summed E-state index contributed by atoms with van der Waals surface area (Å²) in [5, 5.41) is 34.5. The van der Waals surface area contributed by atoms with E-state index < -0.39 is 129 Å². The average Bonchev–Trinajstić information content (AvgIpc) is 3.21. The molecule has 0 spiro atoms. The van der Waals surface area contributed by atoms with Gasteiger partial charge >= 0.3 is 23.9 Å². The molecule has 0 radical (unpaired) electrons. The summed E-state index contributed by atoms with van der Waals surface area (Å²) < 4.78 is 97.1. The lowest BCUT2D eigenvalue weighted by Crippen LogP contribution is -2.43. The molecule has 0 amide bonds. The summed E-state index contributed by atoms with van der Waals surface area (Å²) in [5.74, 6) is -8.95. The largest absolute Gasteiger partial charge is 0.479 e. The number of halogens is 4. The monoisotopic (exact) mass is 896 g/mol. The van der Waals surface area contributed by atoms with Crippen molar-refractivity contribution in [1.29, 1.82) is 0 Å². The molecule has 0 fully saturated rings. The molecular weight excluding hydrogens is 840 g/mol. The number of carbonyl (C=O) groups is 8. The van der Waals surface area contributed by atoms with Gasteiger partial charge in [0.1, 0.15) is 26.4 Å². The highest BCUT2D eigenvalue weighted by atomic mass is 19.1. The van der Waals surface area contributed by atoms with Crippen LogP contribution in [0.5, 0.6) is 0 Å². The minimum absolute atomic E-state index is 0.109. The maximum absolute atomic E-state index is 13.3. The molecule has 20 nitrogen and oxygen atoms in total. The van der Waals surface area contributed by atoms with Crippen LogP contribution in [0.15, 0.2) is 0 Å². The quantitative estimate of drug-likeness (QED) is 0.0493. The van der Waals surface area contributed by atoms with Gasteiger partial charge < -0.3 is 58.3 Å². The van der Waals surface area contributed by atoms with Gasteiger partial charge in [0.05, 0.1) is 84.7 Å². The SMILES string of the molecule is O=C(CC[C@@H](F)C(=O)O)COCCOCC(COCCOCC(=O)CC[C@@H](F)C(=O)O)(COCCOCC(=O)CC[C@@H](F)C(=O)O)COCCOCC(=O)CC[C@@H](F)C(=O)O. The van der Waals surface area contributed by atoms with Gasteiger partial charge in [-0.3, -0.25) is 19.2 Å². The van der Waals surface area contributed by atoms with E-state index in [1.54, 1.807) is 0 Å². The van der Waals surface area contributed by atoms with E-state index in [1.165, 1.54) is 0 Å². The smallest absolute Gasteiger partial charge is 0.338 e. The third-order valence-corrected chi connectivity index (χ3v) is 7.95. The Morgan fingerprint density at radius 2 is 0.525 bits per heavy atom. The van der Waals surface area contributed by atoms with Crippen LogP contribution in [0.25, 0.3) is 0 Å². The molecule has 4 N–H and O–H groups in total. The van der Waals surface area contributed by atoms with Gasteiger partial charge in [0.25, 0.3) is 0 Å². The van der Waals surface area contributed by atoms with Gasteiger partial charge in [-0.05, 0) is 25.7 Å². The predicted octanol–water partition coefficient (Wildman–Crippen LogP) is 1.19. The molecule has 0 saturated carbocycles. The molecule has 0 heterocycles. The number of ketones is 4. The normalized spacial score (nSPS) is 13.6. The third kappa shape index (κ3) is 31.5. The number of hydrogen-bond acceptors (Lipinski definition) is 16. The number of hydrogen-bond donors (Lipinski definition) is 4. The lowest BCUT2D eigenvalue weighted by Gasteiger charge is -2.33. The van der Waals surface area contributed by atoms with Gasteiger partial charge in [-0.1, -0.05) is 0 Å². The second-order valence-electron chi connectivity index (χ2n) is 13.5. The first-order chi connectivity index (χ1) is 28.9. The van der Waals surface area contributed by atoms with Crippen molar-refractivity contribution >= 4 is 47.0 Å². The van der Waals surface area contributed by atoms with E-state index in [2.05, 4.69) is 0 Å². The summed E-state index contributed by atoms with van der Waals surface area (Å²) in [5.41, 5.74) is -1.16. The minimum atomic E-state index is -2.20. The molecule has 0 aliphatic heterocycles. The molecule has 0 aromatic rings. The minimum Gasteiger partial charge on any atom is -0.479 e. The van der Waals surface area contributed by atoms with E-state index in [0.29, 0.717) is 0 Å². The number of rotatable bonds is 44. The van der Waals surface area contributed by atoms with Crippen LogP contribution in [0.3, 0.4) is 0 Å². The van der Waals surface area contributed by atoms with E-state index in [4.69, 9.17) is 58.3 Å². The Labute approximate surface area is 348 Å². The number of carbonyl (C=O) groups excluding carboxylic acids is 4. The van der Waals surface area contributed by atoms with Crippen LogP contribution in [0.1, 0.15) is 51.4 Å². The molecule has 0 aromatic carbocycles. The molecule has 0 rings (SSSR count). The molecular formula is C37H56F4O20.